The average Bonchev–Trinajstić information content (AvgIpc) is 3.21. The van der Waals surface area contributed by atoms with E-state index < -0.39 is 0 Å². The van der Waals surface area contributed by atoms with Gasteiger partial charge in [0.2, 0.25) is 0 Å². The van der Waals surface area contributed by atoms with Crippen LogP contribution in [0.3, 0.4) is 0 Å². The van der Waals surface area contributed by atoms with E-state index in [1.807, 2.05) is 55.6 Å². The molecule has 1 aromatic heterocycles. The fourth-order valence-electron chi connectivity index (χ4n) is 3.31. The third kappa shape index (κ3) is 2.66. The number of H-pyrrole nitrogens is 2. The van der Waals surface area contributed by atoms with Gasteiger partial charge in [0.1, 0.15) is 0 Å². The predicted octanol–water partition coefficient (Wildman–Crippen LogP) is 4.42. The van der Waals surface area contributed by atoms with Crippen molar-refractivity contribution in [3.8, 4) is 0 Å². The van der Waals surface area contributed by atoms with Crippen LogP contribution in [-0.2, 0) is 0 Å². The molecule has 1 unspecified atom stereocenters. The molecule has 124 valence electrons. The number of nitrogens with one attached hydrogen (secondary N) is 2. The Labute approximate surface area is 145 Å². The topological polar surface area (TPSA) is 61.0 Å². The molecular weight excluding hydrogens is 310 g/mol. The highest BCUT2D eigenvalue weighted by atomic mass is 16.1. The van der Waals surface area contributed by atoms with Gasteiger partial charge in [0, 0.05) is 23.3 Å². The lowest BCUT2D eigenvalue weighted by molar-refractivity contribution is 0.850. The molecule has 1 aliphatic rings. The van der Waals surface area contributed by atoms with Crippen molar-refractivity contribution >= 4 is 23.6 Å². The second kappa shape index (κ2) is 6.06. The van der Waals surface area contributed by atoms with Gasteiger partial charge in [0.15, 0.2) is 0 Å². The average molecular weight is 329 g/mol. The smallest absolute Gasteiger partial charge is 0.271 e. The maximum atomic E-state index is 12.4. The lowest BCUT2D eigenvalue weighted by Crippen LogP contribution is -2.05. The van der Waals surface area contributed by atoms with E-state index in [4.69, 9.17) is 0 Å². The molecule has 25 heavy (non-hydrogen) atoms. The molecule has 4 rings (SSSR count). The van der Waals surface area contributed by atoms with Gasteiger partial charge in [-0.1, -0.05) is 55.5 Å². The molecule has 0 bridgehead atoms. The highest BCUT2D eigenvalue weighted by Crippen LogP contribution is 2.35. The van der Waals surface area contributed by atoms with Crippen LogP contribution >= 0.6 is 0 Å². The number of benzene rings is 2. The largest absolute Gasteiger partial charge is 0.301 e. The zero-order chi connectivity index (χ0) is 17.4. The number of fused-ring (bicyclic) bond motifs is 1. The number of aryl methyl sites for hydroxylation is 1. The Bertz CT molecular complexity index is 1040. The van der Waals surface area contributed by atoms with Crippen molar-refractivity contribution in [2.24, 2.45) is 4.99 Å². The summed E-state index contributed by atoms with van der Waals surface area (Å²) in [5.41, 5.74) is 6.75. The standard InChI is InChI=1S/C21H19N3O/c1-13-7-6-10-17-16(12-22-19(13)17)11-18-20(23-24-21(18)25)14(2)15-8-4-3-5-9-15/h3-12,14H,1-2H3,(H2,23,24,25). The zero-order valence-electron chi connectivity index (χ0n) is 14.2. The van der Waals surface area contributed by atoms with Crippen molar-refractivity contribution in [3.63, 3.8) is 0 Å². The van der Waals surface area contributed by atoms with Crippen molar-refractivity contribution in [1.29, 1.82) is 0 Å². The predicted molar refractivity (Wildman–Crippen MR) is 103 cm³/mol. The van der Waals surface area contributed by atoms with Gasteiger partial charge in [-0.05, 0) is 24.1 Å². The van der Waals surface area contributed by atoms with Gasteiger partial charge in [0.25, 0.3) is 5.56 Å². The number of hydrogen-bond acceptors (Lipinski definition) is 2. The Morgan fingerprint density at radius 1 is 1.04 bits per heavy atom. The second-order valence-electron chi connectivity index (χ2n) is 6.37. The minimum absolute atomic E-state index is 0.0855. The SMILES string of the molecule is Cc1cccc2c1N=CC2=Cc1c(C(C)c2ccccc2)[nH][nH]c1=O. The normalized spacial score (nSPS) is 15.5. The Kier molecular flexibility index (Phi) is 3.73. The third-order valence-electron chi connectivity index (χ3n) is 4.76. The van der Waals surface area contributed by atoms with Gasteiger partial charge in [-0.25, -0.2) is 0 Å². The van der Waals surface area contributed by atoms with E-state index >= 15 is 0 Å². The highest BCUT2D eigenvalue weighted by Gasteiger charge is 2.19. The maximum absolute atomic E-state index is 12.4. The first-order valence-corrected chi connectivity index (χ1v) is 8.36. The summed E-state index contributed by atoms with van der Waals surface area (Å²) in [4.78, 5) is 16.9. The van der Waals surface area contributed by atoms with Crippen molar-refractivity contribution in [2.45, 2.75) is 19.8 Å². The zero-order valence-corrected chi connectivity index (χ0v) is 14.2. The fraction of sp³-hybridized carbons (Fsp3) is 0.143. The highest BCUT2D eigenvalue weighted by molar-refractivity contribution is 6.21. The summed E-state index contributed by atoms with van der Waals surface area (Å²) >= 11 is 0. The number of rotatable bonds is 3. The molecule has 0 fully saturated rings. The van der Waals surface area contributed by atoms with Crippen LogP contribution < -0.4 is 5.56 Å². The first-order valence-electron chi connectivity index (χ1n) is 8.36. The van der Waals surface area contributed by atoms with Crippen LogP contribution in [0.5, 0.6) is 0 Å². The number of aromatic amines is 2. The molecule has 3 aromatic rings. The minimum Gasteiger partial charge on any atom is -0.301 e. The molecule has 1 aliphatic heterocycles. The quantitative estimate of drug-likeness (QED) is 0.734. The van der Waals surface area contributed by atoms with E-state index in [9.17, 15) is 4.79 Å². The van der Waals surface area contributed by atoms with Crippen molar-refractivity contribution in [1.82, 2.24) is 10.2 Å². The number of hydrogen-bond donors (Lipinski definition) is 2. The van der Waals surface area contributed by atoms with E-state index in [0.717, 1.165) is 33.6 Å². The molecule has 0 radical (unpaired) electrons. The Balaban J connectivity index is 1.79. The molecule has 1 atom stereocenters. The van der Waals surface area contributed by atoms with Gasteiger partial charge >= 0.3 is 0 Å². The van der Waals surface area contributed by atoms with Gasteiger partial charge < -0.3 is 5.10 Å². The van der Waals surface area contributed by atoms with E-state index in [1.165, 1.54) is 0 Å². The van der Waals surface area contributed by atoms with Crippen LogP contribution in [-0.4, -0.2) is 16.4 Å². The Hall–Kier alpha value is -3.14. The molecule has 4 nitrogen and oxygen atoms in total. The molecule has 2 heterocycles. The number of nitrogens with zero attached hydrogens (tertiary/aromatic N) is 1. The van der Waals surface area contributed by atoms with Gasteiger partial charge in [-0.3, -0.25) is 14.9 Å². The van der Waals surface area contributed by atoms with Gasteiger partial charge in [0.05, 0.1) is 16.9 Å². The van der Waals surface area contributed by atoms with Crippen molar-refractivity contribution < 1.29 is 0 Å². The maximum Gasteiger partial charge on any atom is 0.271 e. The van der Waals surface area contributed by atoms with Crippen LogP contribution in [0.15, 0.2) is 58.3 Å². The van der Waals surface area contributed by atoms with Crippen molar-refractivity contribution in [3.05, 3.63) is 86.8 Å². The van der Waals surface area contributed by atoms with Crippen LogP contribution in [0.1, 0.15) is 40.8 Å². The number of para-hydroxylation sites is 1. The van der Waals surface area contributed by atoms with E-state index in [1.54, 1.807) is 0 Å². The lowest BCUT2D eigenvalue weighted by Gasteiger charge is -2.11. The first kappa shape index (κ1) is 15.4. The molecular formula is C21H19N3O. The van der Waals surface area contributed by atoms with E-state index in [-0.39, 0.29) is 11.5 Å². The fourth-order valence-corrected chi connectivity index (χ4v) is 3.31. The molecule has 4 heteroatoms. The van der Waals surface area contributed by atoms with Gasteiger partial charge in [-0.15, -0.1) is 0 Å². The molecule has 2 aromatic carbocycles. The van der Waals surface area contributed by atoms with Crippen LogP contribution in [0.25, 0.3) is 11.6 Å². The van der Waals surface area contributed by atoms with Crippen molar-refractivity contribution in [2.75, 3.05) is 0 Å². The Morgan fingerprint density at radius 2 is 1.84 bits per heavy atom. The molecule has 0 spiro atoms. The lowest BCUT2D eigenvalue weighted by atomic mass is 9.94. The van der Waals surface area contributed by atoms with E-state index in [2.05, 4.69) is 34.2 Å². The Morgan fingerprint density at radius 3 is 2.64 bits per heavy atom. The summed E-state index contributed by atoms with van der Waals surface area (Å²) in [6, 6.07) is 16.3. The van der Waals surface area contributed by atoms with Crippen LogP contribution in [0.2, 0.25) is 0 Å². The summed E-state index contributed by atoms with van der Waals surface area (Å²) in [6.07, 6.45) is 3.76. The second-order valence-corrected chi connectivity index (χ2v) is 6.37. The summed E-state index contributed by atoms with van der Waals surface area (Å²) in [5.74, 6) is 0.0855. The van der Waals surface area contributed by atoms with Gasteiger partial charge in [-0.2, -0.15) is 0 Å². The molecule has 0 aliphatic carbocycles. The monoisotopic (exact) mass is 329 g/mol. The first-order chi connectivity index (χ1) is 12.1. The summed E-state index contributed by atoms with van der Waals surface area (Å²) < 4.78 is 0. The van der Waals surface area contributed by atoms with E-state index in [0.29, 0.717) is 5.56 Å². The molecule has 0 saturated heterocycles. The van der Waals surface area contributed by atoms with Crippen LogP contribution in [0.4, 0.5) is 5.69 Å². The third-order valence-corrected chi connectivity index (χ3v) is 4.76. The summed E-state index contributed by atoms with van der Waals surface area (Å²) in [5, 5.41) is 5.78. The minimum atomic E-state index is -0.111. The molecule has 2 N–H and O–H groups in total. The number of aliphatic imine (C=N–C) groups is 1. The molecule has 0 amide bonds. The summed E-state index contributed by atoms with van der Waals surface area (Å²) in [7, 11) is 0. The van der Waals surface area contributed by atoms with Crippen LogP contribution in [0, 0.1) is 6.92 Å². The number of aromatic nitrogens is 2. The molecule has 0 saturated carbocycles. The summed E-state index contributed by atoms with van der Waals surface area (Å²) in [6.45, 7) is 4.14. The number of allylic oxidation sites excluding steroid dienone is 1.